The molecule has 0 saturated heterocycles. The summed E-state index contributed by atoms with van der Waals surface area (Å²) in [6.07, 6.45) is 3.67. The quantitative estimate of drug-likeness (QED) is 0.0932. The van der Waals surface area contributed by atoms with E-state index in [1.165, 1.54) is 6.08 Å². The number of benzene rings is 1. The lowest BCUT2D eigenvalue weighted by Gasteiger charge is -2.19. The molecule has 1 aromatic rings. The Morgan fingerprint density at radius 1 is 0.730 bits per heavy atom. The summed E-state index contributed by atoms with van der Waals surface area (Å²) in [4.78, 5) is 0. The van der Waals surface area contributed by atoms with Crippen LogP contribution in [0, 0.1) is 0 Å². The van der Waals surface area contributed by atoms with Crippen molar-refractivity contribution in [3.8, 4) is 5.75 Å². The fraction of sp³-hybridized carbons (Fsp3) is 0.643. The van der Waals surface area contributed by atoms with E-state index >= 15 is 0 Å². The van der Waals surface area contributed by atoms with E-state index in [9.17, 15) is 30.6 Å². The number of methoxy groups -OCH3 is 1. The highest BCUT2D eigenvalue weighted by molar-refractivity contribution is 5.26. The van der Waals surface area contributed by atoms with Crippen molar-refractivity contribution in [3.63, 3.8) is 0 Å². The minimum absolute atomic E-state index is 0.0254. The Morgan fingerprint density at radius 2 is 1.35 bits per heavy atom. The van der Waals surface area contributed by atoms with Gasteiger partial charge in [-0.15, -0.1) is 0 Å². The molecule has 0 saturated carbocycles. The van der Waals surface area contributed by atoms with Gasteiger partial charge in [0.25, 0.3) is 0 Å². The second kappa shape index (κ2) is 20.2. The molecule has 1 rings (SSSR count). The van der Waals surface area contributed by atoms with E-state index in [1.54, 1.807) is 25.3 Å². The molecule has 0 aliphatic rings. The van der Waals surface area contributed by atoms with Crippen molar-refractivity contribution < 1.29 is 45.2 Å². The van der Waals surface area contributed by atoms with Crippen molar-refractivity contribution in [3.05, 3.63) is 54.1 Å². The topological polar surface area (TPSA) is 160 Å². The van der Waals surface area contributed by atoms with Gasteiger partial charge < -0.3 is 45.2 Å². The minimum atomic E-state index is -0.946. The van der Waals surface area contributed by atoms with Gasteiger partial charge in [0.15, 0.2) is 0 Å². The molecule has 6 atom stereocenters. The summed E-state index contributed by atoms with van der Waals surface area (Å²) in [6, 6.07) is 7.50. The highest BCUT2D eigenvalue weighted by Crippen LogP contribution is 2.14. The summed E-state index contributed by atoms with van der Waals surface area (Å²) in [5, 5.41) is 68.9. The molecule has 0 heterocycles. The van der Waals surface area contributed by atoms with Crippen LogP contribution in [-0.4, -0.2) is 92.7 Å². The second-order valence-corrected chi connectivity index (χ2v) is 9.34. The van der Waals surface area contributed by atoms with Crippen LogP contribution in [0.2, 0.25) is 0 Å². The Morgan fingerprint density at radius 3 is 2.03 bits per heavy atom. The number of hydrogen-bond acceptors (Lipinski definition) is 9. The van der Waals surface area contributed by atoms with Gasteiger partial charge in [-0.2, -0.15) is 0 Å². The first-order chi connectivity index (χ1) is 17.7. The zero-order valence-electron chi connectivity index (χ0n) is 21.8. The van der Waals surface area contributed by atoms with Crippen LogP contribution in [0.4, 0.5) is 0 Å². The van der Waals surface area contributed by atoms with Gasteiger partial charge in [-0.05, 0) is 62.6 Å². The Kier molecular flexibility index (Phi) is 18.1. The van der Waals surface area contributed by atoms with Crippen LogP contribution in [0.3, 0.4) is 0 Å². The van der Waals surface area contributed by atoms with Crippen molar-refractivity contribution in [1.82, 2.24) is 0 Å². The summed E-state index contributed by atoms with van der Waals surface area (Å²) in [6.45, 7) is 0.775. The molecule has 37 heavy (non-hydrogen) atoms. The fourth-order valence-electron chi connectivity index (χ4n) is 3.72. The molecule has 9 heteroatoms. The molecule has 9 nitrogen and oxygen atoms in total. The number of rotatable bonds is 21. The molecule has 0 spiro atoms. The van der Waals surface area contributed by atoms with Crippen molar-refractivity contribution >= 4 is 0 Å². The molecule has 0 aliphatic heterocycles. The van der Waals surface area contributed by atoms with Crippen LogP contribution in [0.1, 0.15) is 56.9 Å². The summed E-state index contributed by atoms with van der Waals surface area (Å²) < 4.78 is 10.7. The lowest BCUT2D eigenvalue weighted by Crippen LogP contribution is -2.26. The Labute approximate surface area is 220 Å². The average Bonchev–Trinajstić information content (AvgIpc) is 2.85. The highest BCUT2D eigenvalue weighted by Gasteiger charge is 2.18. The smallest absolute Gasteiger partial charge is 0.118 e. The van der Waals surface area contributed by atoms with E-state index in [1.807, 2.05) is 24.3 Å². The Balaban J connectivity index is 2.18. The largest absolute Gasteiger partial charge is 0.497 e. The molecule has 0 bridgehead atoms. The van der Waals surface area contributed by atoms with Gasteiger partial charge >= 0.3 is 0 Å². The number of ether oxygens (including phenoxy) is 2. The zero-order chi connectivity index (χ0) is 27.5. The molecule has 212 valence electrons. The standard InChI is InChI=1S/C28H46O9/c1-36-28-12-10-21(11-13-28)20-37-16-14-25(33)18-27(35)19-26(34)17-24(32)8-3-7-22(30)5-2-6-23(31)9-4-15-29/h2-3,5,8,10-13,22-27,29-35H,4,6-7,9,14-20H2,1H3/b5-2+,8-3+/t22?,23?,24-,25-,26+,27+/m1/s1. The monoisotopic (exact) mass is 526 g/mol. The van der Waals surface area contributed by atoms with E-state index in [0.29, 0.717) is 38.9 Å². The maximum atomic E-state index is 10.2. The summed E-state index contributed by atoms with van der Waals surface area (Å²) in [7, 11) is 1.60. The van der Waals surface area contributed by atoms with Crippen LogP contribution < -0.4 is 4.74 Å². The summed E-state index contributed by atoms with van der Waals surface area (Å²) in [5.41, 5.74) is 0.988. The van der Waals surface area contributed by atoms with Gasteiger partial charge in [-0.3, -0.25) is 0 Å². The third-order valence-corrected chi connectivity index (χ3v) is 5.82. The van der Waals surface area contributed by atoms with Gasteiger partial charge in [-0.25, -0.2) is 0 Å². The maximum Gasteiger partial charge on any atom is 0.118 e. The molecule has 0 aliphatic carbocycles. The predicted octanol–water partition coefficient (Wildman–Crippen LogP) is 1.60. The normalized spacial score (nSPS) is 17.1. The third kappa shape index (κ3) is 17.3. The van der Waals surface area contributed by atoms with Crippen LogP contribution in [-0.2, 0) is 11.3 Å². The van der Waals surface area contributed by atoms with Crippen LogP contribution in [0.25, 0.3) is 0 Å². The first-order valence-corrected chi connectivity index (χ1v) is 13.0. The number of aliphatic hydroxyl groups is 7. The van der Waals surface area contributed by atoms with E-state index in [-0.39, 0.29) is 32.3 Å². The summed E-state index contributed by atoms with van der Waals surface area (Å²) >= 11 is 0. The SMILES string of the molecule is COc1ccc(COCC[C@@H](O)C[C@H](O)C[C@@H](O)C[C@H](O)/C=C/CC(O)/C=C/CC(O)CCCO)cc1. The van der Waals surface area contributed by atoms with Gasteiger partial charge in [0.1, 0.15) is 5.75 Å². The van der Waals surface area contributed by atoms with Crippen molar-refractivity contribution in [2.75, 3.05) is 20.3 Å². The molecule has 0 aromatic heterocycles. The van der Waals surface area contributed by atoms with Gasteiger partial charge in [0, 0.05) is 19.6 Å². The molecular formula is C28H46O9. The fourth-order valence-corrected chi connectivity index (χ4v) is 3.72. The van der Waals surface area contributed by atoms with Crippen molar-refractivity contribution in [1.29, 1.82) is 0 Å². The molecule has 7 N–H and O–H groups in total. The molecule has 0 radical (unpaired) electrons. The lowest BCUT2D eigenvalue weighted by molar-refractivity contribution is 0.0131. The lowest BCUT2D eigenvalue weighted by atomic mass is 10.00. The number of aliphatic hydroxyl groups excluding tert-OH is 7. The highest BCUT2D eigenvalue weighted by atomic mass is 16.5. The van der Waals surface area contributed by atoms with Crippen LogP contribution >= 0.6 is 0 Å². The molecule has 2 unspecified atom stereocenters. The van der Waals surface area contributed by atoms with Crippen molar-refractivity contribution in [2.24, 2.45) is 0 Å². The number of hydrogen-bond donors (Lipinski definition) is 7. The second-order valence-electron chi connectivity index (χ2n) is 9.34. The van der Waals surface area contributed by atoms with E-state index in [0.717, 1.165) is 11.3 Å². The molecule has 0 amide bonds. The van der Waals surface area contributed by atoms with Gasteiger partial charge in [0.05, 0.1) is 50.3 Å². The Hall–Kier alpha value is -1.82. The molecular weight excluding hydrogens is 480 g/mol. The first-order valence-electron chi connectivity index (χ1n) is 13.0. The Bertz CT molecular complexity index is 738. The van der Waals surface area contributed by atoms with E-state index in [4.69, 9.17) is 14.6 Å². The van der Waals surface area contributed by atoms with E-state index < -0.39 is 36.6 Å². The van der Waals surface area contributed by atoms with Crippen LogP contribution in [0.5, 0.6) is 5.75 Å². The predicted molar refractivity (Wildman–Crippen MR) is 141 cm³/mol. The minimum Gasteiger partial charge on any atom is -0.497 e. The van der Waals surface area contributed by atoms with Crippen LogP contribution in [0.15, 0.2) is 48.6 Å². The molecule has 0 fully saturated rings. The van der Waals surface area contributed by atoms with E-state index in [2.05, 4.69) is 0 Å². The zero-order valence-corrected chi connectivity index (χ0v) is 21.8. The van der Waals surface area contributed by atoms with Gasteiger partial charge in [0.2, 0.25) is 0 Å². The third-order valence-electron chi connectivity index (χ3n) is 5.82. The first kappa shape index (κ1) is 33.2. The summed E-state index contributed by atoms with van der Waals surface area (Å²) in [5.74, 6) is 0.769. The molecule has 1 aromatic carbocycles. The van der Waals surface area contributed by atoms with Gasteiger partial charge in [-0.1, -0.05) is 36.4 Å². The maximum absolute atomic E-state index is 10.2. The average molecular weight is 527 g/mol. The van der Waals surface area contributed by atoms with Crippen molar-refractivity contribution in [2.45, 2.75) is 94.6 Å².